The van der Waals surface area contributed by atoms with Crippen molar-refractivity contribution in [3.05, 3.63) is 105 Å². The summed E-state index contributed by atoms with van der Waals surface area (Å²) in [5.74, 6) is 11.8. The van der Waals surface area contributed by atoms with Gasteiger partial charge in [-0.25, -0.2) is 4.39 Å². The maximum atomic E-state index is 14.4. The second kappa shape index (κ2) is 7.94. The second-order valence-electron chi connectivity index (χ2n) is 6.83. The summed E-state index contributed by atoms with van der Waals surface area (Å²) in [6.45, 7) is 8.16. The maximum absolute atomic E-state index is 14.4. The molecule has 0 aromatic heterocycles. The van der Waals surface area contributed by atoms with Gasteiger partial charge in [0.05, 0.1) is 5.56 Å². The smallest absolute Gasteiger partial charge is 0.140 e. The summed E-state index contributed by atoms with van der Waals surface area (Å²) >= 11 is 0. The summed E-state index contributed by atoms with van der Waals surface area (Å²) in [4.78, 5) is 0. The molecule has 0 unspecified atom stereocenters. The molecule has 27 heavy (non-hydrogen) atoms. The van der Waals surface area contributed by atoms with Gasteiger partial charge in [0, 0.05) is 16.7 Å². The Morgan fingerprint density at radius 3 is 1.81 bits per heavy atom. The van der Waals surface area contributed by atoms with Crippen LogP contribution in [0.4, 0.5) is 4.39 Å². The van der Waals surface area contributed by atoms with E-state index in [9.17, 15) is 4.39 Å². The van der Waals surface area contributed by atoms with Gasteiger partial charge in [0.15, 0.2) is 0 Å². The highest BCUT2D eigenvalue weighted by atomic mass is 19.1. The molecule has 0 spiro atoms. The molecule has 0 aliphatic carbocycles. The molecule has 0 N–H and O–H groups in total. The van der Waals surface area contributed by atoms with Crippen LogP contribution in [-0.2, 0) is 0 Å². The second-order valence-corrected chi connectivity index (χ2v) is 6.83. The normalized spacial score (nSPS) is 9.81. The molecule has 1 heteroatoms. The number of aryl methyl sites for hydroxylation is 4. The molecular formula is C26H21F. The van der Waals surface area contributed by atoms with Crippen LogP contribution < -0.4 is 0 Å². The van der Waals surface area contributed by atoms with E-state index in [-0.39, 0.29) is 5.82 Å². The van der Waals surface area contributed by atoms with Crippen LogP contribution in [0, 0.1) is 57.2 Å². The number of benzene rings is 3. The summed E-state index contributed by atoms with van der Waals surface area (Å²) in [6, 6.07) is 17.1. The molecule has 0 aliphatic heterocycles. The molecule has 0 amide bonds. The van der Waals surface area contributed by atoms with Crippen molar-refractivity contribution in [2.75, 3.05) is 0 Å². The molecule has 0 fully saturated rings. The van der Waals surface area contributed by atoms with Gasteiger partial charge in [0.1, 0.15) is 5.82 Å². The molecule has 132 valence electrons. The quantitative estimate of drug-likeness (QED) is 0.445. The first-order valence-corrected chi connectivity index (χ1v) is 8.90. The Morgan fingerprint density at radius 1 is 0.593 bits per heavy atom. The summed E-state index contributed by atoms with van der Waals surface area (Å²) in [7, 11) is 0. The Balaban J connectivity index is 1.86. The van der Waals surface area contributed by atoms with Crippen LogP contribution in [-0.4, -0.2) is 0 Å². The molecule has 0 saturated heterocycles. The number of hydrogen-bond donors (Lipinski definition) is 0. The third kappa shape index (κ3) is 4.66. The van der Waals surface area contributed by atoms with E-state index >= 15 is 0 Å². The molecule has 3 aromatic rings. The van der Waals surface area contributed by atoms with Crippen LogP contribution in [0.3, 0.4) is 0 Å². The molecule has 3 rings (SSSR count). The SMILES string of the molecule is Cc1ccc(C#Cc2ccc(C#Cc3c(C)cc(C)cc3C)c(F)c2)cc1. The highest BCUT2D eigenvalue weighted by Crippen LogP contribution is 2.16. The average molecular weight is 352 g/mol. The van der Waals surface area contributed by atoms with E-state index < -0.39 is 0 Å². The molecule has 0 aliphatic rings. The van der Waals surface area contributed by atoms with Gasteiger partial charge < -0.3 is 0 Å². The van der Waals surface area contributed by atoms with E-state index in [2.05, 4.69) is 42.7 Å². The average Bonchev–Trinajstić information content (AvgIpc) is 2.61. The highest BCUT2D eigenvalue weighted by Gasteiger charge is 2.03. The van der Waals surface area contributed by atoms with E-state index in [4.69, 9.17) is 0 Å². The third-order valence-electron chi connectivity index (χ3n) is 4.37. The van der Waals surface area contributed by atoms with Crippen molar-refractivity contribution in [1.82, 2.24) is 0 Å². The Morgan fingerprint density at radius 2 is 1.19 bits per heavy atom. The summed E-state index contributed by atoms with van der Waals surface area (Å²) in [6.07, 6.45) is 0. The maximum Gasteiger partial charge on any atom is 0.140 e. The Hall–Kier alpha value is -3.29. The van der Waals surface area contributed by atoms with Crippen molar-refractivity contribution in [3.8, 4) is 23.7 Å². The summed E-state index contributed by atoms with van der Waals surface area (Å²) < 4.78 is 14.4. The van der Waals surface area contributed by atoms with Crippen LogP contribution in [0.1, 0.15) is 44.5 Å². The van der Waals surface area contributed by atoms with Gasteiger partial charge in [-0.1, -0.05) is 59.1 Å². The van der Waals surface area contributed by atoms with Crippen molar-refractivity contribution < 1.29 is 4.39 Å². The minimum atomic E-state index is -0.347. The lowest BCUT2D eigenvalue weighted by Gasteiger charge is -2.04. The Bertz CT molecular complexity index is 1090. The molecule has 0 saturated carbocycles. The van der Waals surface area contributed by atoms with Crippen molar-refractivity contribution >= 4 is 0 Å². The fourth-order valence-corrected chi connectivity index (χ4v) is 2.98. The lowest BCUT2D eigenvalue weighted by atomic mass is 10.00. The van der Waals surface area contributed by atoms with Gasteiger partial charge in [0.2, 0.25) is 0 Å². The lowest BCUT2D eigenvalue weighted by Crippen LogP contribution is -1.91. The number of halogens is 1. The fraction of sp³-hybridized carbons (Fsp3) is 0.154. The van der Waals surface area contributed by atoms with E-state index in [0.29, 0.717) is 11.1 Å². The fourth-order valence-electron chi connectivity index (χ4n) is 2.98. The Labute approximate surface area is 161 Å². The highest BCUT2D eigenvalue weighted by molar-refractivity contribution is 5.53. The monoisotopic (exact) mass is 352 g/mol. The third-order valence-corrected chi connectivity index (χ3v) is 4.37. The number of rotatable bonds is 0. The van der Waals surface area contributed by atoms with Crippen LogP contribution in [0.15, 0.2) is 54.6 Å². The van der Waals surface area contributed by atoms with Gasteiger partial charge in [-0.3, -0.25) is 0 Å². The van der Waals surface area contributed by atoms with Gasteiger partial charge in [0.25, 0.3) is 0 Å². The Kier molecular flexibility index (Phi) is 5.44. The topological polar surface area (TPSA) is 0 Å². The van der Waals surface area contributed by atoms with Crippen molar-refractivity contribution in [1.29, 1.82) is 0 Å². The van der Waals surface area contributed by atoms with Crippen molar-refractivity contribution in [2.45, 2.75) is 27.7 Å². The molecular weight excluding hydrogens is 331 g/mol. The number of hydrogen-bond acceptors (Lipinski definition) is 0. The van der Waals surface area contributed by atoms with Gasteiger partial charge in [-0.2, -0.15) is 0 Å². The summed E-state index contributed by atoms with van der Waals surface area (Å²) in [5, 5.41) is 0. The van der Waals surface area contributed by atoms with E-state index in [1.165, 1.54) is 17.2 Å². The molecule has 0 bridgehead atoms. The predicted molar refractivity (Wildman–Crippen MR) is 110 cm³/mol. The predicted octanol–water partition coefficient (Wildman–Crippen LogP) is 5.86. The zero-order valence-electron chi connectivity index (χ0n) is 16.1. The van der Waals surface area contributed by atoms with E-state index in [1.807, 2.05) is 51.1 Å². The minimum Gasteiger partial charge on any atom is -0.206 e. The molecule has 0 atom stereocenters. The van der Waals surface area contributed by atoms with Crippen LogP contribution in [0.2, 0.25) is 0 Å². The molecule has 0 radical (unpaired) electrons. The van der Waals surface area contributed by atoms with Gasteiger partial charge >= 0.3 is 0 Å². The van der Waals surface area contributed by atoms with Crippen LogP contribution >= 0.6 is 0 Å². The zero-order valence-corrected chi connectivity index (χ0v) is 16.1. The first-order valence-electron chi connectivity index (χ1n) is 8.90. The zero-order chi connectivity index (χ0) is 19.4. The lowest BCUT2D eigenvalue weighted by molar-refractivity contribution is 0.624. The van der Waals surface area contributed by atoms with Gasteiger partial charge in [-0.05, 0) is 69.2 Å². The van der Waals surface area contributed by atoms with E-state index in [0.717, 1.165) is 22.3 Å². The van der Waals surface area contributed by atoms with Crippen molar-refractivity contribution in [3.63, 3.8) is 0 Å². The van der Waals surface area contributed by atoms with Crippen molar-refractivity contribution in [2.24, 2.45) is 0 Å². The van der Waals surface area contributed by atoms with E-state index in [1.54, 1.807) is 6.07 Å². The van der Waals surface area contributed by atoms with Crippen LogP contribution in [0.5, 0.6) is 0 Å². The standard InChI is InChI=1S/C26H21F/c1-18-5-7-22(8-6-18)9-10-23-11-12-24(26(27)17-23)13-14-25-20(3)15-19(2)16-21(25)4/h5-8,11-12,15-17H,1-4H3. The summed E-state index contributed by atoms with van der Waals surface area (Å²) in [5.41, 5.74) is 7.52. The largest absolute Gasteiger partial charge is 0.206 e. The minimum absolute atomic E-state index is 0.347. The molecule has 3 aromatic carbocycles. The molecule has 0 heterocycles. The first-order chi connectivity index (χ1) is 12.9. The van der Waals surface area contributed by atoms with Crippen LogP contribution in [0.25, 0.3) is 0 Å². The molecule has 0 nitrogen and oxygen atoms in total. The van der Waals surface area contributed by atoms with Gasteiger partial charge in [-0.15, -0.1) is 0 Å². The first kappa shape index (κ1) is 18.5.